The second-order valence-corrected chi connectivity index (χ2v) is 4.37. The Kier molecular flexibility index (Phi) is 2.27. The first-order chi connectivity index (χ1) is 6.52. The fourth-order valence-corrected chi connectivity index (χ4v) is 2.40. The summed E-state index contributed by atoms with van der Waals surface area (Å²) in [6.07, 6.45) is -1.48. The van der Waals surface area contributed by atoms with Crippen molar-refractivity contribution in [2.45, 2.75) is 45.2 Å². The van der Waals surface area contributed by atoms with Gasteiger partial charge in [-0.25, -0.2) is 4.79 Å². The number of esters is 1. The summed E-state index contributed by atoms with van der Waals surface area (Å²) in [6.45, 7) is 5.55. The van der Waals surface area contributed by atoms with Crippen molar-refractivity contribution in [3.63, 3.8) is 0 Å². The lowest BCUT2D eigenvalue weighted by atomic mass is 9.80. The van der Waals surface area contributed by atoms with Crippen LogP contribution >= 0.6 is 0 Å². The van der Waals surface area contributed by atoms with Crippen LogP contribution in [0.1, 0.15) is 20.8 Å². The first kappa shape index (κ1) is 9.93. The molecule has 0 aliphatic carbocycles. The summed E-state index contributed by atoms with van der Waals surface area (Å²) in [7, 11) is 0. The molecule has 2 bridgehead atoms. The molecule has 14 heavy (non-hydrogen) atoms. The number of cyclic esters (lactones) is 1. The summed E-state index contributed by atoms with van der Waals surface area (Å²) in [5.74, 6) is -0.502. The Bertz CT molecular complexity index is 253. The third-order valence-corrected chi connectivity index (χ3v) is 3.37. The van der Waals surface area contributed by atoms with Gasteiger partial charge in [-0.15, -0.1) is 0 Å². The van der Waals surface area contributed by atoms with E-state index in [1.165, 1.54) is 0 Å². The minimum atomic E-state index is -0.581. The number of carbonyl (C=O) groups excluding carboxylic acids is 1. The molecule has 1 N–H and O–H groups in total. The molecule has 0 amide bonds. The van der Waals surface area contributed by atoms with Crippen LogP contribution in [0.15, 0.2) is 0 Å². The van der Waals surface area contributed by atoms with Gasteiger partial charge in [0, 0.05) is 11.8 Å². The Labute approximate surface area is 83.2 Å². The molecule has 2 rings (SSSR count). The van der Waals surface area contributed by atoms with Gasteiger partial charge in [-0.1, -0.05) is 13.8 Å². The lowest BCUT2D eigenvalue weighted by Gasteiger charge is -2.47. The van der Waals surface area contributed by atoms with Crippen molar-refractivity contribution < 1.29 is 19.4 Å². The quantitative estimate of drug-likeness (QED) is 0.573. The first-order valence-electron chi connectivity index (χ1n) is 5.06. The zero-order valence-corrected chi connectivity index (χ0v) is 8.64. The van der Waals surface area contributed by atoms with Crippen molar-refractivity contribution in [2.24, 2.45) is 11.8 Å². The van der Waals surface area contributed by atoms with E-state index in [2.05, 4.69) is 0 Å². The van der Waals surface area contributed by atoms with Gasteiger partial charge in [0.1, 0.15) is 12.2 Å². The van der Waals surface area contributed by atoms with Crippen LogP contribution in [0.3, 0.4) is 0 Å². The topological polar surface area (TPSA) is 55.8 Å². The van der Waals surface area contributed by atoms with Crippen LogP contribution < -0.4 is 0 Å². The molecule has 0 spiro atoms. The third kappa shape index (κ3) is 1.25. The van der Waals surface area contributed by atoms with Gasteiger partial charge in [-0.3, -0.25) is 0 Å². The van der Waals surface area contributed by atoms with E-state index < -0.39 is 12.2 Å². The molecule has 2 fully saturated rings. The van der Waals surface area contributed by atoms with Crippen molar-refractivity contribution in [1.29, 1.82) is 0 Å². The largest absolute Gasteiger partial charge is 0.458 e. The fourth-order valence-electron chi connectivity index (χ4n) is 2.40. The van der Waals surface area contributed by atoms with Crippen LogP contribution in [0.25, 0.3) is 0 Å². The predicted molar refractivity (Wildman–Crippen MR) is 48.5 cm³/mol. The van der Waals surface area contributed by atoms with Gasteiger partial charge < -0.3 is 14.6 Å². The van der Waals surface area contributed by atoms with Gasteiger partial charge in [-0.05, 0) is 6.92 Å². The molecular weight excluding hydrogens is 184 g/mol. The Morgan fingerprint density at radius 3 is 2.50 bits per heavy atom. The minimum Gasteiger partial charge on any atom is -0.458 e. The van der Waals surface area contributed by atoms with E-state index in [1.807, 2.05) is 13.8 Å². The zero-order chi connectivity index (χ0) is 10.5. The molecule has 6 atom stereocenters. The highest BCUT2D eigenvalue weighted by Gasteiger charge is 2.50. The smallest absolute Gasteiger partial charge is 0.336 e. The summed E-state index contributed by atoms with van der Waals surface area (Å²) in [5, 5.41) is 9.90. The van der Waals surface area contributed by atoms with Crippen molar-refractivity contribution >= 4 is 5.97 Å². The SMILES string of the molecule is C[C@H]1[C@@H](O)[C@@H](C)C2O[C@H]1[C@H](C)OC2=O. The van der Waals surface area contributed by atoms with Crippen molar-refractivity contribution in [2.75, 3.05) is 0 Å². The van der Waals surface area contributed by atoms with E-state index in [0.29, 0.717) is 0 Å². The average molecular weight is 200 g/mol. The molecule has 0 aromatic rings. The maximum absolute atomic E-state index is 11.4. The lowest BCUT2D eigenvalue weighted by Crippen LogP contribution is -2.60. The highest BCUT2D eigenvalue weighted by atomic mass is 16.6. The Balaban J connectivity index is 2.25. The van der Waals surface area contributed by atoms with Gasteiger partial charge in [0.2, 0.25) is 0 Å². The lowest BCUT2D eigenvalue weighted by molar-refractivity contribution is -0.245. The summed E-state index contributed by atoms with van der Waals surface area (Å²) in [6, 6.07) is 0. The summed E-state index contributed by atoms with van der Waals surface area (Å²) < 4.78 is 10.8. The average Bonchev–Trinajstić information content (AvgIpc) is 2.13. The number of hydrogen-bond acceptors (Lipinski definition) is 4. The van der Waals surface area contributed by atoms with Gasteiger partial charge in [0.25, 0.3) is 0 Å². The number of ether oxygens (including phenoxy) is 2. The first-order valence-corrected chi connectivity index (χ1v) is 5.06. The highest BCUT2D eigenvalue weighted by Crippen LogP contribution is 2.36. The van der Waals surface area contributed by atoms with Crippen LogP contribution in [-0.4, -0.2) is 35.5 Å². The normalized spacial score (nSPS) is 52.7. The number of carbonyl (C=O) groups is 1. The monoisotopic (exact) mass is 200 g/mol. The molecular formula is C10H16O4. The summed E-state index contributed by atoms with van der Waals surface area (Å²) in [4.78, 5) is 11.4. The Hall–Kier alpha value is -0.610. The molecule has 0 radical (unpaired) electrons. The molecule has 2 aliphatic rings. The van der Waals surface area contributed by atoms with Gasteiger partial charge in [0.05, 0.1) is 6.10 Å². The Morgan fingerprint density at radius 2 is 1.86 bits per heavy atom. The minimum absolute atomic E-state index is 0.0179. The number of aliphatic hydroxyl groups excluding tert-OH is 1. The number of aliphatic hydroxyl groups is 1. The van der Waals surface area contributed by atoms with Crippen LogP contribution in [0.2, 0.25) is 0 Å². The summed E-state index contributed by atoms with van der Waals surface area (Å²) in [5.41, 5.74) is 0. The van der Waals surface area contributed by atoms with E-state index in [9.17, 15) is 9.90 Å². The van der Waals surface area contributed by atoms with E-state index in [0.717, 1.165) is 0 Å². The second-order valence-electron chi connectivity index (χ2n) is 4.37. The van der Waals surface area contributed by atoms with Crippen LogP contribution in [0.4, 0.5) is 0 Å². The molecule has 1 unspecified atom stereocenters. The Morgan fingerprint density at radius 1 is 1.21 bits per heavy atom. The fraction of sp³-hybridized carbons (Fsp3) is 0.900. The maximum atomic E-state index is 11.4. The van der Waals surface area contributed by atoms with Gasteiger partial charge >= 0.3 is 5.97 Å². The van der Waals surface area contributed by atoms with Crippen molar-refractivity contribution in [3.8, 4) is 0 Å². The third-order valence-electron chi connectivity index (χ3n) is 3.37. The van der Waals surface area contributed by atoms with Gasteiger partial charge in [-0.2, -0.15) is 0 Å². The molecule has 80 valence electrons. The molecule has 2 heterocycles. The van der Waals surface area contributed by atoms with Crippen LogP contribution in [0, 0.1) is 11.8 Å². The predicted octanol–water partition coefficient (Wildman–Crippen LogP) is 0.332. The molecule has 2 aliphatic heterocycles. The molecule has 4 nitrogen and oxygen atoms in total. The van der Waals surface area contributed by atoms with Crippen molar-refractivity contribution in [3.05, 3.63) is 0 Å². The second kappa shape index (κ2) is 3.21. The molecule has 2 saturated heterocycles. The standard InChI is InChI=1S/C10H16O4/c1-4-7(11)5(2)9-10(12)13-6(3)8(4)14-9/h4-9,11H,1-3H3/t4-,5+,6-,7+,8+,9?/m0/s1. The maximum Gasteiger partial charge on any atom is 0.336 e. The molecule has 0 aromatic carbocycles. The number of rotatable bonds is 0. The number of fused-ring (bicyclic) bond motifs is 2. The van der Waals surface area contributed by atoms with E-state index >= 15 is 0 Å². The molecule has 0 saturated carbocycles. The molecule has 0 aromatic heterocycles. The van der Waals surface area contributed by atoms with Gasteiger partial charge in [0.15, 0.2) is 6.10 Å². The zero-order valence-electron chi connectivity index (χ0n) is 8.64. The van der Waals surface area contributed by atoms with E-state index in [4.69, 9.17) is 9.47 Å². The highest BCUT2D eigenvalue weighted by molar-refractivity contribution is 5.76. The number of hydrogen-bond donors (Lipinski definition) is 1. The van der Waals surface area contributed by atoms with Crippen LogP contribution in [-0.2, 0) is 14.3 Å². The van der Waals surface area contributed by atoms with E-state index in [1.54, 1.807) is 6.92 Å². The van der Waals surface area contributed by atoms with E-state index in [-0.39, 0.29) is 30.0 Å². The summed E-state index contributed by atoms with van der Waals surface area (Å²) >= 11 is 0. The van der Waals surface area contributed by atoms with Crippen molar-refractivity contribution in [1.82, 2.24) is 0 Å². The van der Waals surface area contributed by atoms with Crippen LogP contribution in [0.5, 0.6) is 0 Å². The molecule has 4 heteroatoms.